The average Bonchev–Trinajstić information content (AvgIpc) is 2.53. The molecule has 1 aromatic rings. The molecule has 0 spiro atoms. The van der Waals surface area contributed by atoms with Crippen molar-refractivity contribution in [3.05, 3.63) is 29.3 Å². The molecule has 1 fully saturated rings. The Morgan fingerprint density at radius 1 is 1.13 bits per heavy atom. The van der Waals surface area contributed by atoms with E-state index >= 15 is 0 Å². The van der Waals surface area contributed by atoms with Crippen molar-refractivity contribution in [1.82, 2.24) is 4.90 Å². The van der Waals surface area contributed by atoms with Gasteiger partial charge in [0.1, 0.15) is 5.75 Å². The van der Waals surface area contributed by atoms with Crippen LogP contribution in [0.25, 0.3) is 0 Å². The Morgan fingerprint density at radius 2 is 1.80 bits per heavy atom. The zero-order valence-corrected chi connectivity index (χ0v) is 9.11. The summed E-state index contributed by atoms with van der Waals surface area (Å²) in [6.07, 6.45) is 2.35. The molecule has 1 aromatic carbocycles. The van der Waals surface area contributed by atoms with Gasteiger partial charge in [0.2, 0.25) is 0 Å². The number of benzene rings is 1. The Bertz CT molecular complexity index is 388. The second-order valence-electron chi connectivity index (χ2n) is 5.10. The summed E-state index contributed by atoms with van der Waals surface area (Å²) in [4.78, 5) is 2.43. The number of hydrogen-bond acceptors (Lipinski definition) is 2. The highest BCUT2D eigenvalue weighted by Gasteiger charge is 2.34. The van der Waals surface area contributed by atoms with Crippen molar-refractivity contribution in [3.8, 4) is 5.75 Å². The van der Waals surface area contributed by atoms with Crippen molar-refractivity contribution < 1.29 is 5.11 Å². The lowest BCUT2D eigenvalue weighted by molar-refractivity contribution is 0.388. The van der Waals surface area contributed by atoms with Crippen molar-refractivity contribution in [1.29, 1.82) is 0 Å². The van der Waals surface area contributed by atoms with Crippen LogP contribution in [0.2, 0.25) is 0 Å². The highest BCUT2D eigenvalue weighted by Crippen LogP contribution is 2.36. The summed E-state index contributed by atoms with van der Waals surface area (Å²) in [6.45, 7) is 2.46. The van der Waals surface area contributed by atoms with Crippen LogP contribution in [0.4, 0.5) is 0 Å². The summed E-state index contributed by atoms with van der Waals surface area (Å²) < 4.78 is 0. The highest BCUT2D eigenvalue weighted by molar-refractivity contribution is 5.37. The van der Waals surface area contributed by atoms with Gasteiger partial charge in [0.15, 0.2) is 0 Å². The molecular formula is C13H17NO. The third-order valence-electron chi connectivity index (χ3n) is 3.91. The lowest BCUT2D eigenvalue weighted by Gasteiger charge is -2.26. The van der Waals surface area contributed by atoms with E-state index in [1.54, 1.807) is 0 Å². The van der Waals surface area contributed by atoms with E-state index in [9.17, 15) is 5.11 Å². The second-order valence-corrected chi connectivity index (χ2v) is 5.10. The number of hydrogen-bond donors (Lipinski definition) is 1. The Balaban J connectivity index is 1.92. The lowest BCUT2D eigenvalue weighted by atomic mass is 9.78. The first-order valence-electron chi connectivity index (χ1n) is 5.71. The zero-order valence-electron chi connectivity index (χ0n) is 9.11. The number of aromatic hydroxyl groups is 1. The minimum absolute atomic E-state index is 0.415. The quantitative estimate of drug-likeness (QED) is 0.693. The van der Waals surface area contributed by atoms with Crippen molar-refractivity contribution in [2.24, 2.45) is 11.8 Å². The smallest absolute Gasteiger partial charge is 0.115 e. The summed E-state index contributed by atoms with van der Waals surface area (Å²) in [6, 6.07) is 5.86. The van der Waals surface area contributed by atoms with Gasteiger partial charge in [-0.05, 0) is 55.0 Å². The molecule has 3 rings (SSSR count). The maximum Gasteiger partial charge on any atom is 0.115 e. The van der Waals surface area contributed by atoms with Crippen LogP contribution in [-0.4, -0.2) is 30.1 Å². The summed E-state index contributed by atoms with van der Waals surface area (Å²) in [5.41, 5.74) is 2.82. The molecule has 2 atom stereocenters. The van der Waals surface area contributed by atoms with Gasteiger partial charge in [-0.15, -0.1) is 0 Å². The fourth-order valence-electron chi connectivity index (χ4n) is 3.20. The minimum atomic E-state index is 0.415. The molecule has 1 saturated heterocycles. The van der Waals surface area contributed by atoms with E-state index < -0.39 is 0 Å². The van der Waals surface area contributed by atoms with Crippen LogP contribution in [0.3, 0.4) is 0 Å². The molecule has 15 heavy (non-hydrogen) atoms. The fourth-order valence-corrected chi connectivity index (χ4v) is 3.20. The van der Waals surface area contributed by atoms with Gasteiger partial charge >= 0.3 is 0 Å². The molecule has 80 valence electrons. The number of likely N-dealkylation sites (tertiary alicyclic amines) is 1. The van der Waals surface area contributed by atoms with Gasteiger partial charge < -0.3 is 10.0 Å². The van der Waals surface area contributed by atoms with Crippen molar-refractivity contribution >= 4 is 0 Å². The summed E-state index contributed by atoms with van der Waals surface area (Å²) >= 11 is 0. The van der Waals surface area contributed by atoms with Gasteiger partial charge in [0.05, 0.1) is 0 Å². The molecular weight excluding hydrogens is 186 g/mol. The predicted molar refractivity (Wildman–Crippen MR) is 60.0 cm³/mol. The van der Waals surface area contributed by atoms with E-state index in [-0.39, 0.29) is 0 Å². The summed E-state index contributed by atoms with van der Waals surface area (Å²) in [7, 11) is 2.21. The molecule has 2 unspecified atom stereocenters. The molecule has 1 aliphatic heterocycles. The van der Waals surface area contributed by atoms with E-state index in [2.05, 4.69) is 18.0 Å². The molecule has 1 N–H and O–H groups in total. The fraction of sp³-hybridized carbons (Fsp3) is 0.538. The van der Waals surface area contributed by atoms with Crippen LogP contribution >= 0.6 is 0 Å². The molecule has 0 amide bonds. The van der Waals surface area contributed by atoms with E-state index in [0.29, 0.717) is 5.75 Å². The topological polar surface area (TPSA) is 23.5 Å². The van der Waals surface area contributed by atoms with Crippen LogP contribution in [0.1, 0.15) is 11.1 Å². The number of phenolic OH excluding ortho intramolecular Hbond substituents is 1. The van der Waals surface area contributed by atoms with Gasteiger partial charge in [-0.2, -0.15) is 0 Å². The van der Waals surface area contributed by atoms with Gasteiger partial charge in [-0.1, -0.05) is 6.07 Å². The van der Waals surface area contributed by atoms with Gasteiger partial charge in [-0.3, -0.25) is 0 Å². The van der Waals surface area contributed by atoms with E-state index in [0.717, 1.165) is 18.3 Å². The van der Waals surface area contributed by atoms with Crippen LogP contribution in [0.15, 0.2) is 18.2 Å². The molecule has 2 aliphatic rings. The molecule has 1 aliphatic carbocycles. The Morgan fingerprint density at radius 3 is 2.53 bits per heavy atom. The predicted octanol–water partition coefficient (Wildman–Crippen LogP) is 1.67. The number of nitrogens with zero attached hydrogens (tertiary/aromatic N) is 1. The maximum atomic E-state index is 9.47. The lowest BCUT2D eigenvalue weighted by Crippen LogP contribution is -2.23. The van der Waals surface area contributed by atoms with Crippen molar-refractivity contribution in [3.63, 3.8) is 0 Å². The molecule has 2 nitrogen and oxygen atoms in total. The zero-order chi connectivity index (χ0) is 10.4. The standard InChI is InChI=1S/C13H17NO/c1-14-7-11-4-9-2-3-13(15)6-10(9)5-12(11)8-14/h2-3,6,11-12,15H,4-5,7-8H2,1H3. The van der Waals surface area contributed by atoms with Crippen LogP contribution in [0.5, 0.6) is 5.75 Å². The van der Waals surface area contributed by atoms with Crippen LogP contribution in [-0.2, 0) is 12.8 Å². The summed E-state index contributed by atoms with van der Waals surface area (Å²) in [5.74, 6) is 2.06. The Labute approximate surface area is 90.5 Å². The number of rotatable bonds is 0. The SMILES string of the molecule is CN1CC2Cc3ccc(O)cc3CC2C1. The van der Waals surface area contributed by atoms with E-state index in [4.69, 9.17) is 0 Å². The third kappa shape index (κ3) is 1.53. The molecule has 0 aromatic heterocycles. The van der Waals surface area contributed by atoms with Crippen molar-refractivity contribution in [2.75, 3.05) is 20.1 Å². The van der Waals surface area contributed by atoms with Gasteiger partial charge in [0, 0.05) is 13.1 Å². The molecule has 2 heteroatoms. The highest BCUT2D eigenvalue weighted by atomic mass is 16.3. The average molecular weight is 203 g/mol. The first-order valence-corrected chi connectivity index (χ1v) is 5.71. The maximum absolute atomic E-state index is 9.47. The molecule has 0 bridgehead atoms. The molecule has 0 saturated carbocycles. The largest absolute Gasteiger partial charge is 0.508 e. The minimum Gasteiger partial charge on any atom is -0.508 e. The first kappa shape index (κ1) is 9.22. The van der Waals surface area contributed by atoms with Crippen molar-refractivity contribution in [2.45, 2.75) is 12.8 Å². The van der Waals surface area contributed by atoms with Gasteiger partial charge in [0.25, 0.3) is 0 Å². The number of fused-ring (bicyclic) bond motifs is 2. The molecule has 0 radical (unpaired) electrons. The van der Waals surface area contributed by atoms with Crippen LogP contribution < -0.4 is 0 Å². The third-order valence-corrected chi connectivity index (χ3v) is 3.91. The monoisotopic (exact) mass is 203 g/mol. The summed E-state index contributed by atoms with van der Waals surface area (Å²) in [5, 5.41) is 9.47. The normalized spacial score (nSPS) is 29.9. The first-order chi connectivity index (χ1) is 7.22. The Kier molecular flexibility index (Phi) is 1.99. The Hall–Kier alpha value is -1.02. The van der Waals surface area contributed by atoms with E-state index in [1.165, 1.54) is 30.6 Å². The van der Waals surface area contributed by atoms with E-state index in [1.807, 2.05) is 12.1 Å². The number of phenols is 1. The van der Waals surface area contributed by atoms with Gasteiger partial charge in [-0.25, -0.2) is 0 Å². The molecule has 1 heterocycles. The van der Waals surface area contributed by atoms with Crippen LogP contribution in [0, 0.1) is 11.8 Å². The second kappa shape index (κ2) is 3.24.